The number of aromatic nitrogens is 1. The van der Waals surface area contributed by atoms with E-state index in [4.69, 9.17) is 9.15 Å². The number of hydrogen-bond donors (Lipinski definition) is 1. The van der Waals surface area contributed by atoms with Gasteiger partial charge in [0.1, 0.15) is 12.3 Å². The fraction of sp³-hybridized carbons (Fsp3) is 0.190. The van der Waals surface area contributed by atoms with Crippen LogP contribution in [0.3, 0.4) is 0 Å². The molecule has 1 unspecified atom stereocenters. The van der Waals surface area contributed by atoms with Gasteiger partial charge in [-0.05, 0) is 6.07 Å². The predicted molar refractivity (Wildman–Crippen MR) is 99.3 cm³/mol. The van der Waals surface area contributed by atoms with Crippen LogP contribution in [0.1, 0.15) is 17.9 Å². The molecule has 0 aliphatic carbocycles. The van der Waals surface area contributed by atoms with Crippen molar-refractivity contribution in [1.29, 1.82) is 0 Å². The lowest BCUT2D eigenvalue weighted by Gasteiger charge is -2.33. The van der Waals surface area contributed by atoms with Crippen molar-refractivity contribution >= 4 is 11.9 Å². The first-order valence-corrected chi connectivity index (χ1v) is 9.04. The van der Waals surface area contributed by atoms with Crippen molar-refractivity contribution < 1.29 is 18.7 Å². The van der Waals surface area contributed by atoms with E-state index in [-0.39, 0.29) is 12.5 Å². The normalized spacial score (nSPS) is 20.8. The van der Waals surface area contributed by atoms with Gasteiger partial charge < -0.3 is 14.5 Å². The van der Waals surface area contributed by atoms with Crippen molar-refractivity contribution in [3.05, 3.63) is 72.2 Å². The minimum absolute atomic E-state index is 0.0255. The number of fused-ring (bicyclic) bond motifs is 2. The number of carbonyl (C=O) groups is 2. The van der Waals surface area contributed by atoms with Crippen molar-refractivity contribution in [3.63, 3.8) is 0 Å². The van der Waals surface area contributed by atoms with Gasteiger partial charge in [-0.3, -0.25) is 9.69 Å². The zero-order valence-corrected chi connectivity index (χ0v) is 14.9. The lowest BCUT2D eigenvalue weighted by atomic mass is 9.84. The number of nitrogens with zero attached hydrogens (tertiary/aromatic N) is 2. The maximum atomic E-state index is 13.3. The smallest absolute Gasteiger partial charge is 0.325 e. The fourth-order valence-corrected chi connectivity index (χ4v) is 3.77. The van der Waals surface area contributed by atoms with Gasteiger partial charge in [-0.25, -0.2) is 9.78 Å². The molecule has 3 heterocycles. The van der Waals surface area contributed by atoms with Gasteiger partial charge in [-0.2, -0.15) is 0 Å². The Balaban J connectivity index is 1.43. The number of urea groups is 1. The molecular weight excluding hydrogens is 358 g/mol. The highest BCUT2D eigenvalue weighted by molar-refractivity contribution is 6.07. The van der Waals surface area contributed by atoms with Crippen LogP contribution < -0.4 is 10.1 Å². The number of carbonyl (C=O) groups excluding carboxylic acids is 2. The maximum Gasteiger partial charge on any atom is 0.325 e. The first-order valence-electron chi connectivity index (χ1n) is 9.04. The third kappa shape index (κ3) is 2.47. The van der Waals surface area contributed by atoms with Crippen LogP contribution in [-0.2, 0) is 16.9 Å². The average molecular weight is 375 g/mol. The van der Waals surface area contributed by atoms with Crippen molar-refractivity contribution in [3.8, 4) is 17.1 Å². The summed E-state index contributed by atoms with van der Waals surface area (Å²) in [7, 11) is 0. The molecule has 1 fully saturated rings. The van der Waals surface area contributed by atoms with E-state index >= 15 is 0 Å². The van der Waals surface area contributed by atoms with E-state index in [1.54, 1.807) is 12.3 Å². The molecule has 1 N–H and O–H groups in total. The molecule has 2 aliphatic heterocycles. The van der Waals surface area contributed by atoms with Gasteiger partial charge in [-0.1, -0.05) is 48.5 Å². The molecule has 2 aliphatic rings. The molecule has 7 nitrogen and oxygen atoms in total. The molecule has 1 saturated heterocycles. The lowest BCUT2D eigenvalue weighted by Crippen LogP contribution is -2.47. The summed E-state index contributed by atoms with van der Waals surface area (Å²) in [6.45, 7) is 0.330. The molecule has 2 aromatic carbocycles. The van der Waals surface area contributed by atoms with Crippen LogP contribution in [0.5, 0.6) is 5.75 Å². The van der Waals surface area contributed by atoms with Gasteiger partial charge >= 0.3 is 6.03 Å². The highest BCUT2D eigenvalue weighted by Crippen LogP contribution is 2.41. The summed E-state index contributed by atoms with van der Waals surface area (Å²) in [4.78, 5) is 31.3. The van der Waals surface area contributed by atoms with E-state index in [0.717, 1.165) is 10.5 Å². The molecule has 5 rings (SSSR count). The van der Waals surface area contributed by atoms with Crippen molar-refractivity contribution in [2.45, 2.75) is 18.5 Å². The third-order valence-corrected chi connectivity index (χ3v) is 5.16. The molecule has 140 valence electrons. The monoisotopic (exact) mass is 375 g/mol. The van der Waals surface area contributed by atoms with E-state index in [2.05, 4.69) is 10.3 Å². The van der Waals surface area contributed by atoms with Crippen LogP contribution >= 0.6 is 0 Å². The number of imide groups is 1. The molecule has 0 saturated carbocycles. The molecule has 0 radical (unpaired) electrons. The SMILES string of the molecule is O=C1NC2(CCOc3ccccc32)C(=O)N1Cc1ncc(-c2ccccc2)o1. The summed E-state index contributed by atoms with van der Waals surface area (Å²) < 4.78 is 11.4. The van der Waals surface area contributed by atoms with Gasteiger partial charge in [0.2, 0.25) is 5.89 Å². The molecule has 7 heteroatoms. The predicted octanol–water partition coefficient (Wildman–Crippen LogP) is 3.07. The quantitative estimate of drug-likeness (QED) is 0.711. The molecule has 1 aromatic heterocycles. The number of rotatable bonds is 3. The van der Waals surface area contributed by atoms with Gasteiger partial charge in [0.25, 0.3) is 5.91 Å². The summed E-state index contributed by atoms with van der Waals surface area (Å²) in [5.74, 6) is 1.20. The van der Waals surface area contributed by atoms with E-state index in [1.165, 1.54) is 0 Å². The molecule has 3 amide bonds. The molecular formula is C21H17N3O4. The van der Waals surface area contributed by atoms with Crippen molar-refractivity contribution in [2.75, 3.05) is 6.61 Å². The second-order valence-corrected chi connectivity index (χ2v) is 6.81. The number of ether oxygens (including phenoxy) is 1. The Bertz CT molecular complexity index is 1060. The van der Waals surface area contributed by atoms with Crippen LogP contribution in [0.4, 0.5) is 4.79 Å². The number of para-hydroxylation sites is 1. The highest BCUT2D eigenvalue weighted by Gasteiger charge is 2.55. The van der Waals surface area contributed by atoms with E-state index in [0.29, 0.717) is 36.0 Å². The second-order valence-electron chi connectivity index (χ2n) is 6.81. The van der Waals surface area contributed by atoms with Crippen LogP contribution in [0.25, 0.3) is 11.3 Å². The zero-order valence-electron chi connectivity index (χ0n) is 14.9. The molecule has 28 heavy (non-hydrogen) atoms. The Morgan fingerprint density at radius 1 is 1.07 bits per heavy atom. The second kappa shape index (κ2) is 6.23. The molecule has 0 bridgehead atoms. The highest BCUT2D eigenvalue weighted by atomic mass is 16.5. The summed E-state index contributed by atoms with van der Waals surface area (Å²) in [6.07, 6.45) is 1.98. The van der Waals surface area contributed by atoms with Crippen LogP contribution in [0, 0.1) is 0 Å². The number of oxazole rings is 1. The Kier molecular flexibility index (Phi) is 3.68. The van der Waals surface area contributed by atoms with Gasteiger partial charge in [0, 0.05) is 17.5 Å². The third-order valence-electron chi connectivity index (χ3n) is 5.16. The van der Waals surface area contributed by atoms with Gasteiger partial charge in [-0.15, -0.1) is 0 Å². The first-order chi connectivity index (χ1) is 13.7. The van der Waals surface area contributed by atoms with E-state index in [9.17, 15) is 9.59 Å². The maximum absolute atomic E-state index is 13.3. The topological polar surface area (TPSA) is 84.7 Å². The minimum Gasteiger partial charge on any atom is -0.493 e. The van der Waals surface area contributed by atoms with E-state index < -0.39 is 11.6 Å². The van der Waals surface area contributed by atoms with Crippen LogP contribution in [-0.4, -0.2) is 28.4 Å². The number of nitrogens with one attached hydrogen (secondary N) is 1. The number of hydrogen-bond acceptors (Lipinski definition) is 5. The zero-order chi connectivity index (χ0) is 19.1. The Hall–Kier alpha value is -3.61. The Labute approximate surface area is 160 Å². The Morgan fingerprint density at radius 3 is 2.71 bits per heavy atom. The Morgan fingerprint density at radius 2 is 1.86 bits per heavy atom. The van der Waals surface area contributed by atoms with Crippen LogP contribution in [0.15, 0.2) is 65.2 Å². The standard InChI is InChI=1S/C21H17N3O4/c25-19-21(10-11-27-16-9-5-4-8-15(16)21)23-20(26)24(19)13-18-22-12-17(28-18)14-6-2-1-3-7-14/h1-9,12H,10-11,13H2,(H,23,26). The molecule has 3 aromatic rings. The minimum atomic E-state index is -1.10. The van der Waals surface area contributed by atoms with Gasteiger partial charge in [0.15, 0.2) is 11.3 Å². The largest absolute Gasteiger partial charge is 0.493 e. The van der Waals surface area contributed by atoms with E-state index in [1.807, 2.05) is 48.5 Å². The van der Waals surface area contributed by atoms with Crippen molar-refractivity contribution in [2.24, 2.45) is 0 Å². The summed E-state index contributed by atoms with van der Waals surface area (Å²) in [6, 6.07) is 16.4. The van der Waals surface area contributed by atoms with Gasteiger partial charge in [0.05, 0.1) is 12.8 Å². The summed E-state index contributed by atoms with van der Waals surface area (Å²) in [5, 5.41) is 2.87. The summed E-state index contributed by atoms with van der Waals surface area (Å²) >= 11 is 0. The van der Waals surface area contributed by atoms with Crippen LogP contribution in [0.2, 0.25) is 0 Å². The average Bonchev–Trinajstić information content (AvgIpc) is 3.29. The lowest BCUT2D eigenvalue weighted by molar-refractivity contribution is -0.133. The first kappa shape index (κ1) is 16.6. The number of amides is 3. The fourth-order valence-electron chi connectivity index (χ4n) is 3.77. The number of benzene rings is 2. The molecule has 1 spiro atoms. The van der Waals surface area contributed by atoms with Crippen molar-refractivity contribution in [1.82, 2.24) is 15.2 Å². The molecule has 1 atom stereocenters. The summed E-state index contributed by atoms with van der Waals surface area (Å²) in [5.41, 5.74) is 0.466.